The van der Waals surface area contributed by atoms with E-state index in [0.29, 0.717) is 28.9 Å². The van der Waals surface area contributed by atoms with Crippen LogP contribution in [0.4, 0.5) is 0 Å². The molecule has 2 aromatic carbocycles. The van der Waals surface area contributed by atoms with Crippen LogP contribution < -0.4 is 15.0 Å². The number of fused-ring (bicyclic) bond motifs is 1. The lowest BCUT2D eigenvalue weighted by Gasteiger charge is -2.13. The van der Waals surface area contributed by atoms with Crippen LogP contribution in [-0.4, -0.2) is 23.8 Å². The van der Waals surface area contributed by atoms with E-state index in [1.165, 1.54) is 0 Å². The van der Waals surface area contributed by atoms with Gasteiger partial charge in [0.1, 0.15) is 0 Å². The molecule has 1 heterocycles. The first-order valence-electron chi connectivity index (χ1n) is 7.08. The summed E-state index contributed by atoms with van der Waals surface area (Å²) in [5, 5.41) is 0.573. The number of hydrogen-bond acceptors (Lipinski definition) is 4. The highest BCUT2D eigenvalue weighted by Gasteiger charge is 2.12. The molecule has 0 aliphatic rings. The third kappa shape index (κ3) is 3.18. The Kier molecular flexibility index (Phi) is 4.91. The largest absolute Gasteiger partial charge is 0.493 e. The second kappa shape index (κ2) is 6.94. The molecule has 3 aromatic rings. The van der Waals surface area contributed by atoms with Gasteiger partial charge in [0.05, 0.1) is 38.0 Å². The fraction of sp³-hybridized carbons (Fsp3) is 0.176. The van der Waals surface area contributed by atoms with E-state index < -0.39 is 0 Å². The molecule has 124 valence electrons. The van der Waals surface area contributed by atoms with Gasteiger partial charge in [-0.25, -0.2) is 4.98 Å². The summed E-state index contributed by atoms with van der Waals surface area (Å²) in [5.41, 5.74) is 1.47. The molecule has 0 aliphatic heterocycles. The van der Waals surface area contributed by atoms with Gasteiger partial charge in [-0.05, 0) is 35.9 Å². The third-order valence-electron chi connectivity index (χ3n) is 3.68. The Labute approximate surface area is 155 Å². The van der Waals surface area contributed by atoms with Crippen LogP contribution in [0.5, 0.6) is 11.5 Å². The molecule has 0 radical (unpaired) electrons. The highest BCUT2D eigenvalue weighted by Crippen LogP contribution is 2.33. The van der Waals surface area contributed by atoms with E-state index in [-0.39, 0.29) is 5.56 Å². The van der Waals surface area contributed by atoms with E-state index in [2.05, 4.69) is 36.8 Å². The fourth-order valence-electron chi connectivity index (χ4n) is 2.44. The second-order valence-electron chi connectivity index (χ2n) is 5.14. The van der Waals surface area contributed by atoms with Crippen LogP contribution in [0, 0.1) is 0 Å². The molecular formula is C17H14Br2N2O3. The van der Waals surface area contributed by atoms with E-state index in [0.717, 1.165) is 14.5 Å². The van der Waals surface area contributed by atoms with Gasteiger partial charge in [0.2, 0.25) is 0 Å². The van der Waals surface area contributed by atoms with E-state index in [1.54, 1.807) is 31.2 Å². The maximum absolute atomic E-state index is 12.7. The van der Waals surface area contributed by atoms with Gasteiger partial charge in [-0.2, -0.15) is 0 Å². The normalized spacial score (nSPS) is 10.8. The highest BCUT2D eigenvalue weighted by atomic mass is 79.9. The van der Waals surface area contributed by atoms with Gasteiger partial charge < -0.3 is 9.47 Å². The molecule has 0 spiro atoms. The summed E-state index contributed by atoms with van der Waals surface area (Å²) in [5.74, 6) is 1.24. The van der Waals surface area contributed by atoms with Gasteiger partial charge in [0.25, 0.3) is 5.56 Å². The average molecular weight is 454 g/mol. The molecule has 24 heavy (non-hydrogen) atoms. The first-order chi connectivity index (χ1) is 11.5. The smallest absolute Gasteiger partial charge is 0.261 e. The predicted octanol–water partition coefficient (Wildman–Crippen LogP) is 3.99. The average Bonchev–Trinajstić information content (AvgIpc) is 2.59. The maximum atomic E-state index is 12.7. The van der Waals surface area contributed by atoms with Crippen LogP contribution in [-0.2, 0) is 6.54 Å². The Bertz CT molecular complexity index is 970. The lowest BCUT2D eigenvalue weighted by Crippen LogP contribution is -2.21. The molecule has 0 bridgehead atoms. The van der Waals surface area contributed by atoms with E-state index in [4.69, 9.17) is 9.47 Å². The Morgan fingerprint density at radius 3 is 2.50 bits per heavy atom. The number of methoxy groups -OCH3 is 2. The summed E-state index contributed by atoms with van der Waals surface area (Å²) < 4.78 is 13.9. The molecule has 0 aliphatic carbocycles. The zero-order valence-corrected chi connectivity index (χ0v) is 16.2. The molecule has 3 rings (SSSR count). The predicted molar refractivity (Wildman–Crippen MR) is 100 cm³/mol. The Hall–Kier alpha value is -1.86. The Morgan fingerprint density at radius 1 is 1.08 bits per heavy atom. The van der Waals surface area contributed by atoms with Crippen molar-refractivity contribution in [1.29, 1.82) is 0 Å². The van der Waals surface area contributed by atoms with Crippen molar-refractivity contribution < 1.29 is 9.47 Å². The Morgan fingerprint density at radius 2 is 1.79 bits per heavy atom. The van der Waals surface area contributed by atoms with E-state index >= 15 is 0 Å². The minimum atomic E-state index is -0.0945. The maximum Gasteiger partial charge on any atom is 0.261 e. The zero-order chi connectivity index (χ0) is 17.3. The summed E-state index contributed by atoms with van der Waals surface area (Å²) in [4.78, 5) is 17.1. The number of benzene rings is 2. The first-order valence-corrected chi connectivity index (χ1v) is 8.67. The Balaban J connectivity index is 2.07. The highest BCUT2D eigenvalue weighted by molar-refractivity contribution is 9.10. The van der Waals surface area contributed by atoms with E-state index in [9.17, 15) is 4.79 Å². The molecule has 0 saturated carbocycles. The van der Waals surface area contributed by atoms with Gasteiger partial charge in [-0.1, -0.05) is 31.9 Å². The van der Waals surface area contributed by atoms with Crippen molar-refractivity contribution in [3.05, 3.63) is 61.5 Å². The molecule has 0 atom stereocenters. The molecule has 0 N–H and O–H groups in total. The first kappa shape index (κ1) is 17.0. The van der Waals surface area contributed by atoms with Gasteiger partial charge in [0, 0.05) is 8.95 Å². The van der Waals surface area contributed by atoms with Gasteiger partial charge in [0.15, 0.2) is 11.5 Å². The molecular weight excluding hydrogens is 440 g/mol. The number of ether oxygens (including phenoxy) is 2. The van der Waals surface area contributed by atoms with E-state index in [1.807, 2.05) is 24.3 Å². The summed E-state index contributed by atoms with van der Waals surface area (Å²) in [6, 6.07) is 9.14. The lowest BCUT2D eigenvalue weighted by molar-refractivity contribution is 0.354. The number of nitrogens with zero attached hydrogens (tertiary/aromatic N) is 2. The summed E-state index contributed by atoms with van der Waals surface area (Å²) >= 11 is 6.91. The van der Waals surface area contributed by atoms with Gasteiger partial charge in [-0.3, -0.25) is 9.36 Å². The van der Waals surface area contributed by atoms with Gasteiger partial charge in [-0.15, -0.1) is 0 Å². The molecule has 0 fully saturated rings. The van der Waals surface area contributed by atoms with Crippen LogP contribution in [0.25, 0.3) is 10.9 Å². The van der Waals surface area contributed by atoms with Crippen molar-refractivity contribution >= 4 is 42.8 Å². The van der Waals surface area contributed by atoms with Crippen molar-refractivity contribution in [2.45, 2.75) is 6.54 Å². The standard InChI is InChI=1S/C17H14Br2N2O3/c1-23-15-5-10(13(19)7-16(15)24-2)8-21-9-20-14-4-3-11(18)6-12(14)17(21)22/h3-7,9H,8H2,1-2H3. The summed E-state index contributed by atoms with van der Waals surface area (Å²) in [6.45, 7) is 0.370. The minimum absolute atomic E-state index is 0.0945. The quantitative estimate of drug-likeness (QED) is 0.599. The molecule has 0 unspecified atom stereocenters. The van der Waals surface area contributed by atoms with Crippen molar-refractivity contribution in [3.8, 4) is 11.5 Å². The number of halogens is 2. The second-order valence-corrected chi connectivity index (χ2v) is 6.91. The topological polar surface area (TPSA) is 53.4 Å². The third-order valence-corrected chi connectivity index (χ3v) is 4.91. The summed E-state index contributed by atoms with van der Waals surface area (Å²) in [7, 11) is 3.16. The number of aromatic nitrogens is 2. The van der Waals surface area contributed by atoms with Crippen molar-refractivity contribution in [2.75, 3.05) is 14.2 Å². The van der Waals surface area contributed by atoms with Crippen molar-refractivity contribution in [1.82, 2.24) is 9.55 Å². The monoisotopic (exact) mass is 452 g/mol. The molecule has 1 aromatic heterocycles. The van der Waals surface area contributed by atoms with Crippen LogP contribution in [0.15, 0.2) is 50.4 Å². The number of rotatable bonds is 4. The zero-order valence-electron chi connectivity index (χ0n) is 13.0. The van der Waals surface area contributed by atoms with Crippen LogP contribution in [0.2, 0.25) is 0 Å². The lowest BCUT2D eigenvalue weighted by atomic mass is 10.2. The van der Waals surface area contributed by atoms with Crippen LogP contribution in [0.3, 0.4) is 0 Å². The van der Waals surface area contributed by atoms with Gasteiger partial charge >= 0.3 is 0 Å². The number of hydrogen-bond donors (Lipinski definition) is 0. The molecule has 5 nitrogen and oxygen atoms in total. The minimum Gasteiger partial charge on any atom is -0.493 e. The molecule has 0 saturated heterocycles. The fourth-order valence-corrected chi connectivity index (χ4v) is 3.25. The van der Waals surface area contributed by atoms with Crippen LogP contribution in [0.1, 0.15) is 5.56 Å². The van der Waals surface area contributed by atoms with Crippen LogP contribution >= 0.6 is 31.9 Å². The molecule has 7 heteroatoms. The van der Waals surface area contributed by atoms with Crippen molar-refractivity contribution in [2.24, 2.45) is 0 Å². The SMILES string of the molecule is COc1cc(Br)c(Cn2cnc3ccc(Br)cc3c2=O)cc1OC. The summed E-state index contributed by atoms with van der Waals surface area (Å²) in [6.07, 6.45) is 1.56. The van der Waals surface area contributed by atoms with Crippen molar-refractivity contribution in [3.63, 3.8) is 0 Å². The molecule has 0 amide bonds.